The Hall–Kier alpha value is -1.91. The molecule has 0 aromatic heterocycles. The molecule has 5 heteroatoms. The van der Waals surface area contributed by atoms with E-state index in [0.29, 0.717) is 5.56 Å². The molecular weight excluding hydrogens is 306 g/mol. The van der Waals surface area contributed by atoms with E-state index in [1.807, 2.05) is 0 Å². The third-order valence-corrected chi connectivity index (χ3v) is 4.61. The lowest BCUT2D eigenvalue weighted by Gasteiger charge is -2.55. The second-order valence-electron chi connectivity index (χ2n) is 8.58. The molecule has 1 aromatic rings. The molecule has 0 unspecified atom stereocenters. The van der Waals surface area contributed by atoms with Crippen molar-refractivity contribution in [1.82, 2.24) is 0 Å². The van der Waals surface area contributed by atoms with Crippen LogP contribution in [-0.4, -0.2) is 16.5 Å². The summed E-state index contributed by atoms with van der Waals surface area (Å²) < 4.78 is 6.11. The molecule has 0 aliphatic rings. The Bertz CT molecular complexity index is 590. The predicted molar refractivity (Wildman–Crippen MR) is 95.0 cm³/mol. The summed E-state index contributed by atoms with van der Waals surface area (Å²) in [5.41, 5.74) is -0.989. The lowest BCUT2D eigenvalue weighted by Crippen LogP contribution is -2.59. The fourth-order valence-electron chi connectivity index (χ4n) is 4.21. The first kappa shape index (κ1) is 20.1. The van der Waals surface area contributed by atoms with Crippen LogP contribution in [0.3, 0.4) is 0 Å². The maximum Gasteiger partial charge on any atom is 0.338 e. The van der Waals surface area contributed by atoms with Gasteiger partial charge < -0.3 is 4.74 Å². The van der Waals surface area contributed by atoms with E-state index < -0.39 is 16.5 Å². The molecule has 24 heavy (non-hydrogen) atoms. The molecule has 0 atom stereocenters. The van der Waals surface area contributed by atoms with Gasteiger partial charge in [0.15, 0.2) is 0 Å². The number of hydrogen-bond acceptors (Lipinski definition) is 4. The largest absolute Gasteiger partial charge is 0.454 e. The van der Waals surface area contributed by atoms with E-state index in [9.17, 15) is 14.9 Å². The smallest absolute Gasteiger partial charge is 0.338 e. The van der Waals surface area contributed by atoms with Crippen molar-refractivity contribution >= 4 is 11.7 Å². The molecule has 0 amide bonds. The SMILES string of the molecule is CC(C)C(OC(=O)c1ccc([N+](=O)[O-])cc1)(C(C)(C)C)C(C)(C)C. The van der Waals surface area contributed by atoms with E-state index in [0.717, 1.165) is 0 Å². The summed E-state index contributed by atoms with van der Waals surface area (Å²) >= 11 is 0. The minimum Gasteiger partial charge on any atom is -0.454 e. The number of benzene rings is 1. The number of nitro groups is 1. The van der Waals surface area contributed by atoms with Crippen molar-refractivity contribution in [2.45, 2.75) is 61.0 Å². The lowest BCUT2D eigenvalue weighted by molar-refractivity contribution is -0.384. The number of hydrogen-bond donors (Lipinski definition) is 0. The molecule has 0 saturated carbocycles. The van der Waals surface area contributed by atoms with E-state index in [1.165, 1.54) is 24.3 Å². The van der Waals surface area contributed by atoms with Gasteiger partial charge in [-0.05, 0) is 18.1 Å². The van der Waals surface area contributed by atoms with Crippen molar-refractivity contribution in [3.8, 4) is 0 Å². The minimum atomic E-state index is -0.696. The van der Waals surface area contributed by atoms with Crippen LogP contribution in [0.5, 0.6) is 0 Å². The topological polar surface area (TPSA) is 69.4 Å². The first-order valence-corrected chi connectivity index (χ1v) is 8.22. The van der Waals surface area contributed by atoms with E-state index in [1.54, 1.807) is 0 Å². The van der Waals surface area contributed by atoms with Crippen LogP contribution in [0.4, 0.5) is 5.69 Å². The highest BCUT2D eigenvalue weighted by molar-refractivity contribution is 5.90. The van der Waals surface area contributed by atoms with Crippen LogP contribution in [0.15, 0.2) is 24.3 Å². The van der Waals surface area contributed by atoms with Crippen LogP contribution < -0.4 is 0 Å². The summed E-state index contributed by atoms with van der Waals surface area (Å²) in [7, 11) is 0. The quantitative estimate of drug-likeness (QED) is 0.429. The van der Waals surface area contributed by atoms with Crippen LogP contribution in [0, 0.1) is 26.9 Å². The second-order valence-corrected chi connectivity index (χ2v) is 8.58. The van der Waals surface area contributed by atoms with Gasteiger partial charge in [0.05, 0.1) is 10.5 Å². The molecular formula is C19H29NO4. The molecule has 5 nitrogen and oxygen atoms in total. The highest BCUT2D eigenvalue weighted by Gasteiger charge is 2.56. The standard InChI is InChI=1S/C19H29NO4/c1-13(2)19(17(3,4)5,18(6,7)8)24-16(21)14-9-11-15(12-10-14)20(22)23/h9-13H,1-8H3. The molecule has 0 aliphatic heterocycles. The predicted octanol–water partition coefficient (Wildman–Crippen LogP) is 5.24. The van der Waals surface area contributed by atoms with Gasteiger partial charge in [-0.2, -0.15) is 0 Å². The van der Waals surface area contributed by atoms with Crippen LogP contribution >= 0.6 is 0 Å². The van der Waals surface area contributed by atoms with Gasteiger partial charge in [0.25, 0.3) is 5.69 Å². The lowest BCUT2D eigenvalue weighted by atomic mass is 9.57. The van der Waals surface area contributed by atoms with Gasteiger partial charge in [0.1, 0.15) is 5.60 Å². The zero-order chi connectivity index (χ0) is 18.9. The monoisotopic (exact) mass is 335 g/mol. The molecule has 0 N–H and O–H groups in total. The molecule has 1 aromatic carbocycles. The van der Waals surface area contributed by atoms with Gasteiger partial charge in [-0.1, -0.05) is 55.4 Å². The minimum absolute atomic E-state index is 0.0479. The van der Waals surface area contributed by atoms with Crippen molar-refractivity contribution < 1.29 is 14.5 Å². The fourth-order valence-corrected chi connectivity index (χ4v) is 4.21. The number of rotatable bonds is 4. The Labute approximate surface area is 144 Å². The van der Waals surface area contributed by atoms with Crippen LogP contribution in [-0.2, 0) is 4.74 Å². The van der Waals surface area contributed by atoms with E-state index in [-0.39, 0.29) is 22.4 Å². The number of carbonyl (C=O) groups excluding carboxylic acids is 1. The number of carbonyl (C=O) groups is 1. The van der Waals surface area contributed by atoms with Crippen molar-refractivity contribution in [2.24, 2.45) is 16.7 Å². The average Bonchev–Trinajstić information content (AvgIpc) is 2.41. The summed E-state index contributed by atoms with van der Waals surface area (Å²) in [5, 5.41) is 10.8. The van der Waals surface area contributed by atoms with Crippen molar-refractivity contribution in [3.63, 3.8) is 0 Å². The molecule has 0 fully saturated rings. The third kappa shape index (κ3) is 3.60. The van der Waals surface area contributed by atoms with Gasteiger partial charge in [0, 0.05) is 23.0 Å². The van der Waals surface area contributed by atoms with Crippen molar-refractivity contribution in [3.05, 3.63) is 39.9 Å². The summed E-state index contributed by atoms with van der Waals surface area (Å²) in [6.07, 6.45) is 0. The van der Waals surface area contributed by atoms with Gasteiger partial charge in [-0.25, -0.2) is 4.79 Å². The average molecular weight is 335 g/mol. The number of ether oxygens (including phenoxy) is 1. The zero-order valence-electron chi connectivity index (χ0n) is 16.0. The van der Waals surface area contributed by atoms with E-state index in [4.69, 9.17) is 4.74 Å². The molecule has 1 rings (SSSR count). The summed E-state index contributed by atoms with van der Waals surface area (Å²) in [6.45, 7) is 16.5. The normalized spacial score (nSPS) is 13.0. The van der Waals surface area contributed by atoms with Gasteiger partial charge in [0.2, 0.25) is 0 Å². The highest BCUT2D eigenvalue weighted by atomic mass is 16.6. The summed E-state index contributed by atoms with van der Waals surface area (Å²) in [4.78, 5) is 23.0. The second kappa shape index (κ2) is 6.54. The Morgan fingerprint density at radius 3 is 1.71 bits per heavy atom. The molecule has 134 valence electrons. The third-order valence-electron chi connectivity index (χ3n) is 4.61. The number of esters is 1. The zero-order valence-corrected chi connectivity index (χ0v) is 16.0. The summed E-state index contributed by atoms with van der Waals surface area (Å²) in [6, 6.07) is 5.53. The van der Waals surface area contributed by atoms with Crippen molar-refractivity contribution in [2.75, 3.05) is 0 Å². The van der Waals surface area contributed by atoms with Crippen LogP contribution in [0.2, 0.25) is 0 Å². The van der Waals surface area contributed by atoms with Gasteiger partial charge in [-0.3, -0.25) is 10.1 Å². The first-order valence-electron chi connectivity index (χ1n) is 8.22. The fraction of sp³-hybridized carbons (Fsp3) is 0.632. The molecule has 0 aliphatic carbocycles. The summed E-state index contributed by atoms with van der Waals surface area (Å²) in [5.74, 6) is -0.358. The highest BCUT2D eigenvalue weighted by Crippen LogP contribution is 2.51. The Balaban J connectivity index is 3.29. The van der Waals surface area contributed by atoms with E-state index >= 15 is 0 Å². The molecule has 0 saturated heterocycles. The molecule has 0 spiro atoms. The number of nitrogens with zero attached hydrogens (tertiary/aromatic N) is 1. The molecule has 0 radical (unpaired) electrons. The maximum absolute atomic E-state index is 12.7. The van der Waals surface area contributed by atoms with Gasteiger partial charge >= 0.3 is 5.97 Å². The molecule has 0 heterocycles. The Morgan fingerprint density at radius 2 is 1.42 bits per heavy atom. The van der Waals surface area contributed by atoms with Gasteiger partial charge in [-0.15, -0.1) is 0 Å². The molecule has 0 bridgehead atoms. The number of non-ortho nitro benzene ring substituents is 1. The van der Waals surface area contributed by atoms with E-state index in [2.05, 4.69) is 55.4 Å². The number of nitro benzene ring substituents is 1. The Kier molecular flexibility index (Phi) is 5.48. The van der Waals surface area contributed by atoms with Crippen molar-refractivity contribution in [1.29, 1.82) is 0 Å². The Morgan fingerprint density at radius 1 is 1.00 bits per heavy atom. The van der Waals surface area contributed by atoms with Crippen LogP contribution in [0.25, 0.3) is 0 Å². The maximum atomic E-state index is 12.7. The first-order chi connectivity index (χ1) is 10.7. The van der Waals surface area contributed by atoms with Crippen LogP contribution in [0.1, 0.15) is 65.7 Å².